The summed E-state index contributed by atoms with van der Waals surface area (Å²) in [5.41, 5.74) is 0.862. The summed E-state index contributed by atoms with van der Waals surface area (Å²) >= 11 is 5.50. The van der Waals surface area contributed by atoms with Gasteiger partial charge in [-0.2, -0.15) is 8.78 Å². The number of rotatable bonds is 4. The van der Waals surface area contributed by atoms with Crippen LogP contribution in [0.3, 0.4) is 0 Å². The van der Waals surface area contributed by atoms with E-state index in [1.165, 1.54) is 12.1 Å². The van der Waals surface area contributed by atoms with Crippen LogP contribution in [0.15, 0.2) is 24.3 Å². The molecule has 0 radical (unpaired) electrons. The van der Waals surface area contributed by atoms with Crippen molar-refractivity contribution in [3.63, 3.8) is 0 Å². The van der Waals surface area contributed by atoms with Crippen LogP contribution in [0.4, 0.5) is 14.5 Å². The molecule has 0 unspecified atom stereocenters. The second kappa shape index (κ2) is 4.76. The number of anilines is 1. The molecular formula is C8H8ClF2NO2S. The van der Waals surface area contributed by atoms with Crippen molar-refractivity contribution in [2.45, 2.75) is 11.6 Å². The fourth-order valence-corrected chi connectivity index (χ4v) is 1.60. The lowest BCUT2D eigenvalue weighted by Crippen LogP contribution is -2.20. The van der Waals surface area contributed by atoms with Gasteiger partial charge in [0.15, 0.2) is 0 Å². The molecule has 0 aliphatic rings. The maximum Gasteiger partial charge on any atom is 0.355 e. The van der Waals surface area contributed by atoms with E-state index in [0.29, 0.717) is 0 Å². The van der Waals surface area contributed by atoms with E-state index < -0.39 is 15.8 Å². The molecule has 3 nitrogen and oxygen atoms in total. The van der Waals surface area contributed by atoms with Gasteiger partial charge in [0.1, 0.15) is 0 Å². The molecule has 0 saturated heterocycles. The lowest BCUT2D eigenvalue weighted by atomic mass is 10.2. The van der Waals surface area contributed by atoms with Crippen molar-refractivity contribution in [3.05, 3.63) is 29.8 Å². The average Bonchev–Trinajstić information content (AvgIpc) is 2.18. The summed E-state index contributed by atoms with van der Waals surface area (Å²) < 4.78 is 47.2. The van der Waals surface area contributed by atoms with Gasteiger partial charge in [-0.05, 0) is 17.7 Å². The van der Waals surface area contributed by atoms with Crippen LogP contribution < -0.4 is 4.72 Å². The predicted molar refractivity (Wildman–Crippen MR) is 54.5 cm³/mol. The summed E-state index contributed by atoms with van der Waals surface area (Å²) in [5, 5.41) is 0. The van der Waals surface area contributed by atoms with Crippen molar-refractivity contribution >= 4 is 27.3 Å². The van der Waals surface area contributed by atoms with E-state index in [1.54, 1.807) is 16.9 Å². The third kappa shape index (κ3) is 3.32. The van der Waals surface area contributed by atoms with Crippen LogP contribution in [0.5, 0.6) is 0 Å². The fourth-order valence-electron chi connectivity index (χ4n) is 0.871. The minimum atomic E-state index is -4.59. The minimum absolute atomic E-state index is 0.0872. The zero-order valence-electron chi connectivity index (χ0n) is 7.45. The minimum Gasteiger partial charge on any atom is -0.279 e. The fraction of sp³-hybridized carbons (Fsp3) is 0.250. The SMILES string of the molecule is O=S(=O)(Nc1ccc(CCl)cc1)C(F)F. The van der Waals surface area contributed by atoms with Crippen LogP contribution in [-0.2, 0) is 15.9 Å². The molecule has 1 aromatic carbocycles. The van der Waals surface area contributed by atoms with Gasteiger partial charge in [0.2, 0.25) is 0 Å². The van der Waals surface area contributed by atoms with Crippen LogP contribution >= 0.6 is 11.6 Å². The number of halogens is 3. The van der Waals surface area contributed by atoms with Crippen molar-refractivity contribution in [2.24, 2.45) is 0 Å². The molecule has 0 fully saturated rings. The first-order chi connectivity index (χ1) is 6.95. The molecular weight excluding hydrogens is 248 g/mol. The van der Waals surface area contributed by atoms with Gasteiger partial charge in [0.25, 0.3) is 10.0 Å². The predicted octanol–water partition coefficient (Wildman–Crippen LogP) is 2.39. The Kier molecular flexibility index (Phi) is 3.87. The molecule has 0 spiro atoms. The van der Waals surface area contributed by atoms with Crippen LogP contribution in [0, 0.1) is 0 Å². The van der Waals surface area contributed by atoms with Crippen molar-refractivity contribution in [1.82, 2.24) is 0 Å². The summed E-state index contributed by atoms with van der Waals surface area (Å²) in [6.45, 7) is 0. The third-order valence-corrected chi connectivity index (χ3v) is 2.90. The summed E-state index contributed by atoms with van der Waals surface area (Å²) in [6, 6.07) is 5.85. The normalized spacial score (nSPS) is 11.7. The summed E-state index contributed by atoms with van der Waals surface area (Å²) in [5.74, 6) is -3.16. The quantitative estimate of drug-likeness (QED) is 0.840. The van der Waals surface area contributed by atoms with Crippen molar-refractivity contribution in [1.29, 1.82) is 0 Å². The Hall–Kier alpha value is -0.880. The highest BCUT2D eigenvalue weighted by atomic mass is 35.5. The van der Waals surface area contributed by atoms with E-state index in [-0.39, 0.29) is 11.6 Å². The second-order valence-electron chi connectivity index (χ2n) is 2.74. The molecule has 0 atom stereocenters. The van der Waals surface area contributed by atoms with Gasteiger partial charge in [-0.1, -0.05) is 12.1 Å². The highest BCUT2D eigenvalue weighted by Gasteiger charge is 2.23. The van der Waals surface area contributed by atoms with Gasteiger partial charge in [0.05, 0.1) is 0 Å². The molecule has 0 bridgehead atoms. The number of nitrogens with one attached hydrogen (secondary N) is 1. The molecule has 7 heteroatoms. The highest BCUT2D eigenvalue weighted by molar-refractivity contribution is 7.93. The Morgan fingerprint density at radius 2 is 1.80 bits per heavy atom. The molecule has 0 heterocycles. The molecule has 15 heavy (non-hydrogen) atoms. The second-order valence-corrected chi connectivity index (χ2v) is 4.66. The molecule has 0 amide bonds. The van der Waals surface area contributed by atoms with Gasteiger partial charge >= 0.3 is 5.76 Å². The number of hydrogen-bond acceptors (Lipinski definition) is 2. The molecule has 1 aromatic rings. The Balaban J connectivity index is 2.82. The molecule has 0 aliphatic carbocycles. The van der Waals surface area contributed by atoms with Crippen LogP contribution in [-0.4, -0.2) is 14.2 Å². The smallest absolute Gasteiger partial charge is 0.279 e. The molecule has 0 aromatic heterocycles. The lowest BCUT2D eigenvalue weighted by molar-refractivity contribution is 0.236. The van der Waals surface area contributed by atoms with Gasteiger partial charge < -0.3 is 0 Å². The number of hydrogen-bond donors (Lipinski definition) is 1. The topological polar surface area (TPSA) is 46.2 Å². The van der Waals surface area contributed by atoms with E-state index in [1.807, 2.05) is 0 Å². The Labute approximate surface area is 91.1 Å². The average molecular weight is 256 g/mol. The molecule has 1 N–H and O–H groups in total. The van der Waals surface area contributed by atoms with E-state index >= 15 is 0 Å². The van der Waals surface area contributed by atoms with E-state index in [0.717, 1.165) is 5.56 Å². The zero-order chi connectivity index (χ0) is 11.5. The van der Waals surface area contributed by atoms with Crippen LogP contribution in [0.1, 0.15) is 5.56 Å². The summed E-state index contributed by atoms with van der Waals surface area (Å²) in [4.78, 5) is 0. The molecule has 84 valence electrons. The Morgan fingerprint density at radius 3 is 2.20 bits per heavy atom. The van der Waals surface area contributed by atoms with Crippen molar-refractivity contribution < 1.29 is 17.2 Å². The van der Waals surface area contributed by atoms with Gasteiger partial charge in [-0.15, -0.1) is 11.6 Å². The molecule has 1 rings (SSSR count). The summed E-state index contributed by atoms with van der Waals surface area (Å²) in [7, 11) is -4.59. The molecule has 0 aliphatic heterocycles. The van der Waals surface area contributed by atoms with Crippen molar-refractivity contribution in [3.8, 4) is 0 Å². The maximum atomic E-state index is 12.0. The Morgan fingerprint density at radius 1 is 1.27 bits per heavy atom. The van der Waals surface area contributed by atoms with Gasteiger partial charge in [-0.3, -0.25) is 4.72 Å². The van der Waals surface area contributed by atoms with E-state index in [4.69, 9.17) is 11.6 Å². The highest BCUT2D eigenvalue weighted by Crippen LogP contribution is 2.15. The first-order valence-electron chi connectivity index (χ1n) is 3.90. The summed E-state index contributed by atoms with van der Waals surface area (Å²) in [6.07, 6.45) is 0. The van der Waals surface area contributed by atoms with E-state index in [9.17, 15) is 17.2 Å². The number of alkyl halides is 3. The standard InChI is InChI=1S/C8H8ClF2NO2S/c9-5-6-1-3-7(4-2-6)12-15(13,14)8(10)11/h1-4,8,12H,5H2. The monoisotopic (exact) mass is 255 g/mol. The van der Waals surface area contributed by atoms with Crippen LogP contribution in [0.2, 0.25) is 0 Å². The van der Waals surface area contributed by atoms with Crippen molar-refractivity contribution in [2.75, 3.05) is 4.72 Å². The Bertz CT molecular complexity index is 419. The lowest BCUT2D eigenvalue weighted by Gasteiger charge is -2.06. The van der Waals surface area contributed by atoms with Gasteiger partial charge in [0, 0.05) is 11.6 Å². The maximum absolute atomic E-state index is 12.0. The zero-order valence-corrected chi connectivity index (χ0v) is 9.02. The number of sulfonamides is 1. The molecule has 0 saturated carbocycles. The first-order valence-corrected chi connectivity index (χ1v) is 5.98. The van der Waals surface area contributed by atoms with Gasteiger partial charge in [-0.25, -0.2) is 8.42 Å². The van der Waals surface area contributed by atoms with E-state index in [2.05, 4.69) is 0 Å². The number of benzene rings is 1. The first kappa shape index (κ1) is 12.2. The third-order valence-electron chi connectivity index (χ3n) is 1.60. The largest absolute Gasteiger partial charge is 0.355 e. The van der Waals surface area contributed by atoms with Crippen LogP contribution in [0.25, 0.3) is 0 Å².